The number of para-hydroxylation sites is 1. The van der Waals surface area contributed by atoms with E-state index in [9.17, 15) is 14.4 Å². The van der Waals surface area contributed by atoms with Crippen LogP contribution >= 0.6 is 11.3 Å². The molecular weight excluding hydrogens is 416 g/mol. The van der Waals surface area contributed by atoms with Gasteiger partial charge in [-0.25, -0.2) is 4.79 Å². The molecule has 31 heavy (non-hydrogen) atoms. The fraction of sp³-hybridized carbons (Fsp3) is 0.409. The summed E-state index contributed by atoms with van der Waals surface area (Å²) in [4.78, 5) is 42.1. The Morgan fingerprint density at radius 1 is 1.10 bits per heavy atom. The fourth-order valence-corrected chi connectivity index (χ4v) is 4.71. The summed E-state index contributed by atoms with van der Waals surface area (Å²) >= 11 is 1.09. The predicted molar refractivity (Wildman–Crippen MR) is 122 cm³/mol. The SMILES string of the molecule is CCOC(=O)c1c(NC(=O)CN2CCN(c3ccccc3)CC2)sc(C(=O)NC)c1C. The largest absolute Gasteiger partial charge is 0.462 e. The highest BCUT2D eigenvalue weighted by atomic mass is 32.1. The van der Waals surface area contributed by atoms with Crippen LogP contribution in [0, 0.1) is 6.92 Å². The van der Waals surface area contributed by atoms with Crippen LogP contribution in [0.3, 0.4) is 0 Å². The third kappa shape index (κ3) is 5.42. The Balaban J connectivity index is 1.65. The Morgan fingerprint density at radius 2 is 1.77 bits per heavy atom. The Labute approximate surface area is 186 Å². The molecule has 2 aromatic rings. The van der Waals surface area contributed by atoms with Gasteiger partial charge in [0.15, 0.2) is 0 Å². The Hall–Kier alpha value is -2.91. The number of ether oxygens (including phenoxy) is 1. The van der Waals surface area contributed by atoms with Gasteiger partial charge in [0.1, 0.15) is 5.00 Å². The third-order valence-corrected chi connectivity index (χ3v) is 6.38. The average molecular weight is 445 g/mol. The molecule has 1 aromatic carbocycles. The molecule has 0 unspecified atom stereocenters. The van der Waals surface area contributed by atoms with Crippen molar-refractivity contribution in [3.63, 3.8) is 0 Å². The molecule has 1 saturated heterocycles. The number of carbonyl (C=O) groups excluding carboxylic acids is 3. The van der Waals surface area contributed by atoms with E-state index in [1.54, 1.807) is 13.8 Å². The number of piperazine rings is 1. The van der Waals surface area contributed by atoms with Crippen LogP contribution in [-0.2, 0) is 9.53 Å². The van der Waals surface area contributed by atoms with Crippen LogP contribution in [0.25, 0.3) is 0 Å². The number of rotatable bonds is 7. The van der Waals surface area contributed by atoms with Crippen molar-refractivity contribution in [2.24, 2.45) is 0 Å². The molecule has 1 aromatic heterocycles. The minimum atomic E-state index is -0.543. The molecule has 2 heterocycles. The predicted octanol–water partition coefficient (Wildman–Crippen LogP) is 2.35. The number of nitrogens with zero attached hydrogens (tertiary/aromatic N) is 2. The Morgan fingerprint density at radius 3 is 2.39 bits per heavy atom. The normalized spacial score (nSPS) is 14.2. The summed E-state index contributed by atoms with van der Waals surface area (Å²) < 4.78 is 5.13. The molecule has 3 rings (SSSR count). The molecule has 0 bridgehead atoms. The van der Waals surface area contributed by atoms with Crippen molar-refractivity contribution in [1.29, 1.82) is 0 Å². The summed E-state index contributed by atoms with van der Waals surface area (Å²) in [7, 11) is 1.53. The molecule has 1 aliphatic rings. The van der Waals surface area contributed by atoms with Crippen molar-refractivity contribution in [3.8, 4) is 0 Å². The summed E-state index contributed by atoms with van der Waals surface area (Å²) in [5.41, 5.74) is 1.93. The van der Waals surface area contributed by atoms with E-state index in [1.165, 1.54) is 12.7 Å². The van der Waals surface area contributed by atoms with Crippen molar-refractivity contribution in [3.05, 3.63) is 46.3 Å². The Kier molecular flexibility index (Phi) is 7.64. The molecule has 2 amide bonds. The molecule has 166 valence electrons. The van der Waals surface area contributed by atoms with E-state index in [4.69, 9.17) is 4.74 Å². The molecule has 0 saturated carbocycles. The van der Waals surface area contributed by atoms with Crippen molar-refractivity contribution >= 4 is 39.8 Å². The number of nitrogens with one attached hydrogen (secondary N) is 2. The van der Waals surface area contributed by atoms with E-state index in [1.807, 2.05) is 18.2 Å². The lowest BCUT2D eigenvalue weighted by atomic mass is 10.1. The van der Waals surface area contributed by atoms with Gasteiger partial charge >= 0.3 is 5.97 Å². The van der Waals surface area contributed by atoms with E-state index in [2.05, 4.69) is 32.6 Å². The van der Waals surface area contributed by atoms with Crippen molar-refractivity contribution in [1.82, 2.24) is 10.2 Å². The lowest BCUT2D eigenvalue weighted by Crippen LogP contribution is -2.48. The van der Waals surface area contributed by atoms with Gasteiger partial charge in [-0.05, 0) is 31.5 Å². The molecule has 9 heteroatoms. The highest BCUT2D eigenvalue weighted by molar-refractivity contribution is 7.18. The molecule has 0 aliphatic carbocycles. The molecule has 1 fully saturated rings. The first-order valence-electron chi connectivity index (χ1n) is 10.3. The topological polar surface area (TPSA) is 91.0 Å². The van der Waals surface area contributed by atoms with Gasteiger partial charge < -0.3 is 20.3 Å². The quantitative estimate of drug-likeness (QED) is 0.637. The van der Waals surface area contributed by atoms with Gasteiger partial charge in [-0.2, -0.15) is 0 Å². The monoisotopic (exact) mass is 444 g/mol. The van der Waals surface area contributed by atoms with Gasteiger partial charge in [0.05, 0.1) is 23.6 Å². The standard InChI is InChI=1S/C22H28N4O4S/c1-4-30-22(29)18-15(2)19(20(28)23-3)31-21(18)24-17(27)14-25-10-12-26(13-11-25)16-8-6-5-7-9-16/h5-9H,4,10-14H2,1-3H3,(H,23,28)(H,24,27). The second kappa shape index (κ2) is 10.4. The number of thiophene rings is 1. The fourth-order valence-electron chi connectivity index (χ4n) is 3.55. The average Bonchev–Trinajstić information content (AvgIpc) is 3.10. The Bertz CT molecular complexity index is 936. The number of benzene rings is 1. The third-order valence-electron chi connectivity index (χ3n) is 5.17. The minimum Gasteiger partial charge on any atom is -0.462 e. The minimum absolute atomic E-state index is 0.211. The molecule has 0 spiro atoms. The van der Waals surface area contributed by atoms with Gasteiger partial charge in [-0.1, -0.05) is 18.2 Å². The van der Waals surface area contributed by atoms with Gasteiger partial charge in [-0.3, -0.25) is 14.5 Å². The van der Waals surface area contributed by atoms with Crippen LogP contribution in [-0.4, -0.2) is 69.1 Å². The first-order chi connectivity index (χ1) is 14.9. The number of hydrogen-bond acceptors (Lipinski definition) is 7. The van der Waals surface area contributed by atoms with Crippen LogP contribution in [0.15, 0.2) is 30.3 Å². The van der Waals surface area contributed by atoms with Gasteiger partial charge in [-0.15, -0.1) is 11.3 Å². The molecule has 8 nitrogen and oxygen atoms in total. The van der Waals surface area contributed by atoms with Gasteiger partial charge in [0, 0.05) is 38.9 Å². The summed E-state index contributed by atoms with van der Waals surface area (Å²) in [5, 5.41) is 5.74. The number of esters is 1. The first-order valence-corrected chi connectivity index (χ1v) is 11.1. The summed E-state index contributed by atoms with van der Waals surface area (Å²) in [6.45, 7) is 7.03. The number of hydrogen-bond donors (Lipinski definition) is 2. The zero-order valence-corrected chi connectivity index (χ0v) is 18.9. The zero-order chi connectivity index (χ0) is 22.4. The van der Waals surface area contributed by atoms with Gasteiger partial charge in [0.25, 0.3) is 5.91 Å². The van der Waals surface area contributed by atoms with Crippen LogP contribution in [0.1, 0.15) is 32.5 Å². The highest BCUT2D eigenvalue weighted by Crippen LogP contribution is 2.33. The zero-order valence-electron chi connectivity index (χ0n) is 18.1. The second-order valence-corrected chi connectivity index (χ2v) is 8.23. The lowest BCUT2D eigenvalue weighted by Gasteiger charge is -2.35. The van der Waals surface area contributed by atoms with E-state index in [0.29, 0.717) is 15.4 Å². The van der Waals surface area contributed by atoms with Crippen LogP contribution < -0.4 is 15.5 Å². The number of amides is 2. The van der Waals surface area contributed by atoms with Crippen molar-refractivity contribution in [2.75, 3.05) is 56.6 Å². The molecule has 0 atom stereocenters. The van der Waals surface area contributed by atoms with E-state index in [-0.39, 0.29) is 30.5 Å². The molecular formula is C22H28N4O4S. The van der Waals surface area contributed by atoms with Gasteiger partial charge in [0.2, 0.25) is 5.91 Å². The maximum atomic E-state index is 12.7. The number of anilines is 2. The van der Waals surface area contributed by atoms with Crippen LogP contribution in [0.5, 0.6) is 0 Å². The van der Waals surface area contributed by atoms with E-state index < -0.39 is 5.97 Å². The smallest absolute Gasteiger partial charge is 0.341 e. The first kappa shape index (κ1) is 22.8. The molecule has 2 N–H and O–H groups in total. The molecule has 1 aliphatic heterocycles. The van der Waals surface area contributed by atoms with E-state index in [0.717, 1.165) is 37.5 Å². The maximum Gasteiger partial charge on any atom is 0.341 e. The van der Waals surface area contributed by atoms with Crippen LogP contribution in [0.4, 0.5) is 10.7 Å². The van der Waals surface area contributed by atoms with Crippen molar-refractivity contribution in [2.45, 2.75) is 13.8 Å². The second-order valence-electron chi connectivity index (χ2n) is 7.21. The summed E-state index contributed by atoms with van der Waals surface area (Å²) in [6.07, 6.45) is 0. The van der Waals surface area contributed by atoms with Crippen LogP contribution in [0.2, 0.25) is 0 Å². The highest BCUT2D eigenvalue weighted by Gasteiger charge is 2.27. The lowest BCUT2D eigenvalue weighted by molar-refractivity contribution is -0.117. The van der Waals surface area contributed by atoms with Crippen molar-refractivity contribution < 1.29 is 19.1 Å². The summed E-state index contributed by atoms with van der Waals surface area (Å²) in [6, 6.07) is 10.2. The molecule has 0 radical (unpaired) electrons. The summed E-state index contributed by atoms with van der Waals surface area (Å²) in [5.74, 6) is -1.06. The van der Waals surface area contributed by atoms with E-state index >= 15 is 0 Å². The maximum absolute atomic E-state index is 12.7. The number of carbonyl (C=O) groups is 3.